The molecule has 0 bridgehead atoms. The SMILES string of the molecule is c1ccc(-c2nc(-c3cccc4ccccc34)c(NC3CCCCC3)o2)cc1. The maximum Gasteiger partial charge on any atom is 0.229 e. The zero-order valence-corrected chi connectivity index (χ0v) is 15.9. The molecule has 1 saturated carbocycles. The predicted octanol–water partition coefficient (Wildman–Crippen LogP) is 6.91. The van der Waals surface area contributed by atoms with E-state index in [4.69, 9.17) is 9.40 Å². The van der Waals surface area contributed by atoms with Crippen molar-refractivity contribution in [3.05, 3.63) is 72.8 Å². The van der Waals surface area contributed by atoms with Crippen LogP contribution in [0.4, 0.5) is 5.88 Å². The highest BCUT2D eigenvalue weighted by Crippen LogP contribution is 2.37. The van der Waals surface area contributed by atoms with Gasteiger partial charge in [-0.05, 0) is 35.7 Å². The monoisotopic (exact) mass is 368 g/mol. The summed E-state index contributed by atoms with van der Waals surface area (Å²) in [7, 11) is 0. The van der Waals surface area contributed by atoms with Crippen LogP contribution in [0.2, 0.25) is 0 Å². The van der Waals surface area contributed by atoms with E-state index in [-0.39, 0.29) is 0 Å². The number of aromatic nitrogens is 1. The fourth-order valence-electron chi connectivity index (χ4n) is 4.17. The number of rotatable bonds is 4. The standard InChI is InChI=1S/C25H24N2O/c1-3-11-19(12-4-1)24-27-23(25(28-24)26-20-14-5-2-6-15-20)22-17-9-13-18-10-7-8-16-21(18)22/h1,3-4,7-13,16-17,20,26H,2,5-6,14-15H2. The Bertz CT molecular complexity index is 1070. The van der Waals surface area contributed by atoms with Gasteiger partial charge in [0.05, 0.1) is 0 Å². The smallest absolute Gasteiger partial charge is 0.229 e. The molecular weight excluding hydrogens is 344 g/mol. The summed E-state index contributed by atoms with van der Waals surface area (Å²) in [6.07, 6.45) is 6.27. The molecule has 1 aromatic heterocycles. The molecule has 4 aromatic rings. The van der Waals surface area contributed by atoms with E-state index >= 15 is 0 Å². The van der Waals surface area contributed by atoms with Crippen LogP contribution < -0.4 is 5.32 Å². The summed E-state index contributed by atoms with van der Waals surface area (Å²) >= 11 is 0. The molecule has 0 aliphatic heterocycles. The minimum absolute atomic E-state index is 0.457. The van der Waals surface area contributed by atoms with Gasteiger partial charge in [0.25, 0.3) is 0 Å². The maximum absolute atomic E-state index is 6.28. The van der Waals surface area contributed by atoms with Crippen LogP contribution in [0.25, 0.3) is 33.5 Å². The van der Waals surface area contributed by atoms with Crippen LogP contribution in [-0.4, -0.2) is 11.0 Å². The second kappa shape index (κ2) is 7.51. The van der Waals surface area contributed by atoms with Crippen LogP contribution in [0.1, 0.15) is 32.1 Å². The largest absolute Gasteiger partial charge is 0.420 e. The number of oxazole rings is 1. The lowest BCUT2D eigenvalue weighted by atomic mass is 9.95. The minimum Gasteiger partial charge on any atom is -0.420 e. The van der Waals surface area contributed by atoms with Crippen LogP contribution in [0.5, 0.6) is 0 Å². The van der Waals surface area contributed by atoms with Gasteiger partial charge in [0.1, 0.15) is 5.69 Å². The second-order valence-electron chi connectivity index (χ2n) is 7.57. The van der Waals surface area contributed by atoms with E-state index in [1.54, 1.807) is 0 Å². The van der Waals surface area contributed by atoms with E-state index in [0.717, 1.165) is 22.7 Å². The van der Waals surface area contributed by atoms with Gasteiger partial charge in [0.2, 0.25) is 11.8 Å². The third-order valence-electron chi connectivity index (χ3n) is 5.63. The summed E-state index contributed by atoms with van der Waals surface area (Å²) in [5.41, 5.74) is 3.02. The third-order valence-corrected chi connectivity index (χ3v) is 5.63. The van der Waals surface area contributed by atoms with E-state index in [2.05, 4.69) is 47.8 Å². The maximum atomic E-state index is 6.28. The van der Waals surface area contributed by atoms with Crippen molar-refractivity contribution in [2.24, 2.45) is 0 Å². The quantitative estimate of drug-likeness (QED) is 0.425. The van der Waals surface area contributed by atoms with Gasteiger partial charge in [-0.2, -0.15) is 0 Å². The molecule has 0 atom stereocenters. The molecule has 3 aromatic carbocycles. The first-order valence-electron chi connectivity index (χ1n) is 10.2. The summed E-state index contributed by atoms with van der Waals surface area (Å²) in [6.45, 7) is 0. The Morgan fingerprint density at radius 2 is 1.54 bits per heavy atom. The van der Waals surface area contributed by atoms with Gasteiger partial charge < -0.3 is 9.73 Å². The highest BCUT2D eigenvalue weighted by Gasteiger charge is 2.22. The lowest BCUT2D eigenvalue weighted by Crippen LogP contribution is -2.22. The van der Waals surface area contributed by atoms with Crippen LogP contribution >= 0.6 is 0 Å². The zero-order chi connectivity index (χ0) is 18.8. The Balaban J connectivity index is 1.63. The molecule has 0 radical (unpaired) electrons. The van der Waals surface area contributed by atoms with E-state index in [1.165, 1.54) is 42.9 Å². The molecule has 1 aliphatic rings. The number of hydrogen-bond acceptors (Lipinski definition) is 3. The lowest BCUT2D eigenvalue weighted by Gasteiger charge is -2.22. The van der Waals surface area contributed by atoms with Crippen molar-refractivity contribution < 1.29 is 4.42 Å². The molecule has 0 spiro atoms. The molecule has 0 unspecified atom stereocenters. The first-order valence-corrected chi connectivity index (χ1v) is 10.2. The molecule has 1 fully saturated rings. The molecule has 3 nitrogen and oxygen atoms in total. The summed E-state index contributed by atoms with van der Waals surface area (Å²) in [4.78, 5) is 4.94. The van der Waals surface area contributed by atoms with Crippen molar-refractivity contribution in [2.45, 2.75) is 38.1 Å². The minimum atomic E-state index is 0.457. The topological polar surface area (TPSA) is 38.1 Å². The van der Waals surface area contributed by atoms with Gasteiger partial charge in [-0.25, -0.2) is 4.98 Å². The fourth-order valence-corrected chi connectivity index (χ4v) is 4.17. The summed E-state index contributed by atoms with van der Waals surface area (Å²) in [5.74, 6) is 1.46. The average Bonchev–Trinajstić information content (AvgIpc) is 3.18. The van der Waals surface area contributed by atoms with Crippen molar-refractivity contribution in [3.63, 3.8) is 0 Å². The van der Waals surface area contributed by atoms with E-state index in [9.17, 15) is 0 Å². The normalized spacial score (nSPS) is 15.0. The molecule has 0 amide bonds. The number of benzene rings is 3. The summed E-state index contributed by atoms with van der Waals surface area (Å²) in [6, 6.07) is 25.4. The number of anilines is 1. The van der Waals surface area contributed by atoms with Crippen molar-refractivity contribution >= 4 is 16.7 Å². The second-order valence-corrected chi connectivity index (χ2v) is 7.57. The number of nitrogens with one attached hydrogen (secondary N) is 1. The number of nitrogens with zero attached hydrogens (tertiary/aromatic N) is 1. The van der Waals surface area contributed by atoms with Crippen LogP contribution in [0.15, 0.2) is 77.2 Å². The zero-order valence-electron chi connectivity index (χ0n) is 15.9. The summed E-state index contributed by atoms with van der Waals surface area (Å²) < 4.78 is 6.28. The van der Waals surface area contributed by atoms with Crippen LogP contribution in [-0.2, 0) is 0 Å². The van der Waals surface area contributed by atoms with Gasteiger partial charge in [-0.15, -0.1) is 0 Å². The molecular formula is C25H24N2O. The van der Waals surface area contributed by atoms with E-state index < -0.39 is 0 Å². The van der Waals surface area contributed by atoms with Crippen LogP contribution in [0, 0.1) is 0 Å². The van der Waals surface area contributed by atoms with E-state index in [1.807, 2.05) is 30.3 Å². The Morgan fingerprint density at radius 1 is 0.786 bits per heavy atom. The molecule has 5 rings (SSSR count). The van der Waals surface area contributed by atoms with E-state index in [0.29, 0.717) is 11.9 Å². The highest BCUT2D eigenvalue weighted by atomic mass is 16.4. The van der Waals surface area contributed by atoms with Gasteiger partial charge in [0, 0.05) is 17.2 Å². The Morgan fingerprint density at radius 3 is 2.39 bits per heavy atom. The van der Waals surface area contributed by atoms with Crippen molar-refractivity contribution in [1.82, 2.24) is 4.98 Å². The molecule has 1 heterocycles. The average molecular weight is 368 g/mol. The van der Waals surface area contributed by atoms with Gasteiger partial charge >= 0.3 is 0 Å². The van der Waals surface area contributed by atoms with Gasteiger partial charge in [0.15, 0.2) is 0 Å². The first-order chi connectivity index (χ1) is 13.9. The summed E-state index contributed by atoms with van der Waals surface area (Å²) in [5, 5.41) is 6.09. The first kappa shape index (κ1) is 17.1. The van der Waals surface area contributed by atoms with Gasteiger partial charge in [-0.3, -0.25) is 0 Å². The molecule has 28 heavy (non-hydrogen) atoms. The van der Waals surface area contributed by atoms with Crippen molar-refractivity contribution in [3.8, 4) is 22.7 Å². The number of hydrogen-bond donors (Lipinski definition) is 1. The molecule has 3 heteroatoms. The molecule has 1 N–H and O–H groups in total. The highest BCUT2D eigenvalue weighted by molar-refractivity contribution is 5.98. The third kappa shape index (κ3) is 3.29. The van der Waals surface area contributed by atoms with Gasteiger partial charge in [-0.1, -0.05) is 79.9 Å². The Labute approximate surface area is 165 Å². The van der Waals surface area contributed by atoms with Crippen molar-refractivity contribution in [2.75, 3.05) is 5.32 Å². The number of fused-ring (bicyclic) bond motifs is 1. The lowest BCUT2D eigenvalue weighted by molar-refractivity contribution is 0.451. The van der Waals surface area contributed by atoms with Crippen LogP contribution in [0.3, 0.4) is 0 Å². The molecule has 1 aliphatic carbocycles. The Kier molecular flexibility index (Phi) is 4.58. The predicted molar refractivity (Wildman–Crippen MR) is 115 cm³/mol. The molecule has 0 saturated heterocycles. The van der Waals surface area contributed by atoms with Crippen molar-refractivity contribution in [1.29, 1.82) is 0 Å². The Hall–Kier alpha value is -3.07. The molecule has 140 valence electrons. The fraction of sp³-hybridized carbons (Fsp3) is 0.240.